The van der Waals surface area contributed by atoms with Crippen molar-refractivity contribution in [1.29, 1.82) is 0 Å². The van der Waals surface area contributed by atoms with E-state index in [2.05, 4.69) is 107 Å². The Bertz CT molecular complexity index is 784. The fourth-order valence-electron chi connectivity index (χ4n) is 3.56. The summed E-state index contributed by atoms with van der Waals surface area (Å²) in [6.07, 6.45) is 8.95. The molecule has 0 saturated carbocycles. The van der Waals surface area contributed by atoms with Gasteiger partial charge in [0.2, 0.25) is 0 Å². The van der Waals surface area contributed by atoms with Crippen molar-refractivity contribution in [1.82, 2.24) is 0 Å². The molecule has 0 fully saturated rings. The summed E-state index contributed by atoms with van der Waals surface area (Å²) in [6, 6.07) is 15.2. The van der Waals surface area contributed by atoms with Gasteiger partial charge < -0.3 is 15.4 Å². The van der Waals surface area contributed by atoms with Crippen molar-refractivity contribution in [2.75, 3.05) is 25.5 Å². The number of quaternary nitrogens is 1. The van der Waals surface area contributed by atoms with Gasteiger partial charge in [-0.1, -0.05) is 71.4 Å². The average Bonchev–Trinajstić information content (AvgIpc) is 2.79. The summed E-state index contributed by atoms with van der Waals surface area (Å²) < 4.78 is 5.61. The van der Waals surface area contributed by atoms with Crippen LogP contribution in [0.3, 0.4) is 0 Å². The van der Waals surface area contributed by atoms with Crippen LogP contribution in [0, 0.1) is 0 Å². The Morgan fingerprint density at radius 2 is 1.74 bits per heavy atom. The molecule has 1 unspecified atom stereocenters. The van der Waals surface area contributed by atoms with Gasteiger partial charge in [-0.15, -0.1) is 0 Å². The van der Waals surface area contributed by atoms with Gasteiger partial charge in [0.15, 0.2) is 0 Å². The summed E-state index contributed by atoms with van der Waals surface area (Å²) in [5, 5.41) is 5.75. The van der Waals surface area contributed by atoms with E-state index < -0.39 is 0 Å². The molecule has 172 valence electrons. The molecule has 2 aromatic carbocycles. The summed E-state index contributed by atoms with van der Waals surface area (Å²) >= 11 is 0. The van der Waals surface area contributed by atoms with E-state index in [1.54, 1.807) is 7.11 Å². The van der Waals surface area contributed by atoms with Crippen LogP contribution in [0.2, 0.25) is 0 Å². The standard InChI is InChI=1S/C25H36N2O.C3H8/c1-6-18-27-21-16-15-20(24(19-21)28-5)12-11-17-25(4,7-2)22-13-9-10-14-23(22)26-8-3;1-3-2/h9-16,19,26-27H,6-8,17-18H2,1-5H3;3H2,1-2H3/p+1/b12-11+;. The van der Waals surface area contributed by atoms with Crippen LogP contribution in [-0.2, 0) is 5.41 Å². The molecular weight excluding hydrogens is 380 g/mol. The Balaban J connectivity index is 0.00000151. The van der Waals surface area contributed by atoms with Gasteiger partial charge >= 0.3 is 0 Å². The number of anilines is 1. The van der Waals surface area contributed by atoms with Gasteiger partial charge in [-0.05, 0) is 44.4 Å². The second kappa shape index (κ2) is 14.7. The molecule has 3 heteroatoms. The molecule has 0 aliphatic carbocycles. The highest BCUT2D eigenvalue weighted by Crippen LogP contribution is 2.35. The number of benzene rings is 2. The molecule has 0 radical (unpaired) electrons. The van der Waals surface area contributed by atoms with Gasteiger partial charge in [0.1, 0.15) is 11.4 Å². The van der Waals surface area contributed by atoms with E-state index >= 15 is 0 Å². The smallest absolute Gasteiger partial charge is 0.133 e. The average molecular weight is 426 g/mol. The zero-order valence-electron chi connectivity index (χ0n) is 20.9. The minimum absolute atomic E-state index is 0.120. The number of ether oxygens (including phenoxy) is 1. The lowest BCUT2D eigenvalue weighted by Crippen LogP contribution is -2.77. The van der Waals surface area contributed by atoms with E-state index in [9.17, 15) is 0 Å². The molecule has 0 heterocycles. The minimum Gasteiger partial charge on any atom is -0.496 e. The molecule has 0 aliphatic rings. The molecular formula is C28H45N2O+. The Labute approximate surface area is 191 Å². The summed E-state index contributed by atoms with van der Waals surface area (Å²) in [5.41, 5.74) is 5.16. The third-order valence-electron chi connectivity index (χ3n) is 5.49. The maximum Gasteiger partial charge on any atom is 0.133 e. The Hall–Kier alpha value is -2.26. The van der Waals surface area contributed by atoms with Gasteiger partial charge in [-0.25, -0.2) is 0 Å². The van der Waals surface area contributed by atoms with Crippen molar-refractivity contribution >= 4 is 17.5 Å². The molecule has 0 bridgehead atoms. The fourth-order valence-corrected chi connectivity index (χ4v) is 3.56. The van der Waals surface area contributed by atoms with Gasteiger partial charge in [0.05, 0.1) is 13.7 Å². The van der Waals surface area contributed by atoms with Crippen LogP contribution >= 0.6 is 0 Å². The van der Waals surface area contributed by atoms with E-state index in [-0.39, 0.29) is 5.41 Å². The van der Waals surface area contributed by atoms with Crippen LogP contribution in [0.1, 0.15) is 78.4 Å². The van der Waals surface area contributed by atoms with Gasteiger partial charge in [0, 0.05) is 34.8 Å². The van der Waals surface area contributed by atoms with Crippen LogP contribution in [0.4, 0.5) is 11.4 Å². The number of hydrogen-bond acceptors (Lipinski definition) is 2. The quantitative estimate of drug-likeness (QED) is 0.383. The predicted molar refractivity (Wildman–Crippen MR) is 138 cm³/mol. The van der Waals surface area contributed by atoms with Crippen LogP contribution in [-0.4, -0.2) is 20.2 Å². The number of para-hydroxylation sites is 1. The minimum atomic E-state index is 0.120. The van der Waals surface area contributed by atoms with E-state index in [0.717, 1.165) is 49.4 Å². The number of nitrogens with one attached hydrogen (secondary N) is 1. The molecule has 0 amide bonds. The third-order valence-corrected chi connectivity index (χ3v) is 5.49. The number of rotatable bonds is 11. The lowest BCUT2D eigenvalue weighted by molar-refractivity contribution is -0.568. The second-order valence-corrected chi connectivity index (χ2v) is 8.31. The third kappa shape index (κ3) is 8.41. The first kappa shape index (κ1) is 26.8. The first-order valence-electron chi connectivity index (χ1n) is 12.0. The predicted octanol–water partition coefficient (Wildman–Crippen LogP) is 6.92. The zero-order chi connectivity index (χ0) is 23.1. The monoisotopic (exact) mass is 425 g/mol. The number of hydrogen-bond donors (Lipinski definition) is 2. The first-order valence-corrected chi connectivity index (χ1v) is 12.0. The first-order chi connectivity index (χ1) is 15.0. The fraction of sp³-hybridized carbons (Fsp3) is 0.500. The SMILES string of the molecule is CCC.CCCNc1ccc(/C=C/CC(C)(CC)c2ccccc2[NH2+]CC)c(OC)c1. The van der Waals surface area contributed by atoms with Crippen molar-refractivity contribution < 1.29 is 10.1 Å². The summed E-state index contributed by atoms with van der Waals surface area (Å²) in [5.74, 6) is 0.912. The molecule has 31 heavy (non-hydrogen) atoms. The summed E-state index contributed by atoms with van der Waals surface area (Å²) in [4.78, 5) is 0. The highest BCUT2D eigenvalue weighted by atomic mass is 16.5. The summed E-state index contributed by atoms with van der Waals surface area (Å²) in [7, 11) is 1.74. The van der Waals surface area contributed by atoms with E-state index in [1.807, 2.05) is 0 Å². The maximum atomic E-state index is 5.61. The molecule has 0 saturated heterocycles. The number of allylic oxidation sites excluding steroid dienone is 1. The molecule has 1 atom stereocenters. The zero-order valence-corrected chi connectivity index (χ0v) is 20.9. The summed E-state index contributed by atoms with van der Waals surface area (Å²) in [6.45, 7) is 15.3. The Morgan fingerprint density at radius 1 is 1.03 bits per heavy atom. The van der Waals surface area contributed by atoms with E-state index in [0.29, 0.717) is 0 Å². The Morgan fingerprint density at radius 3 is 2.35 bits per heavy atom. The lowest BCUT2D eigenvalue weighted by Gasteiger charge is -2.28. The Kier molecular flexibility index (Phi) is 12.7. The molecule has 0 aromatic heterocycles. The van der Waals surface area contributed by atoms with Crippen molar-refractivity contribution in [3.63, 3.8) is 0 Å². The lowest BCUT2D eigenvalue weighted by atomic mass is 9.76. The molecule has 2 rings (SSSR count). The van der Waals surface area contributed by atoms with E-state index in [4.69, 9.17) is 4.74 Å². The molecule has 3 nitrogen and oxygen atoms in total. The van der Waals surface area contributed by atoms with Crippen molar-refractivity contribution in [3.8, 4) is 5.75 Å². The molecule has 0 spiro atoms. The topological polar surface area (TPSA) is 37.9 Å². The molecule has 3 N–H and O–H groups in total. The van der Waals surface area contributed by atoms with Crippen LogP contribution in [0.15, 0.2) is 48.5 Å². The normalized spacial score (nSPS) is 12.7. The van der Waals surface area contributed by atoms with E-state index in [1.165, 1.54) is 17.7 Å². The van der Waals surface area contributed by atoms with Crippen LogP contribution in [0.25, 0.3) is 6.08 Å². The van der Waals surface area contributed by atoms with Crippen LogP contribution < -0.4 is 15.4 Å². The number of methoxy groups -OCH3 is 1. The van der Waals surface area contributed by atoms with Crippen molar-refractivity contribution in [2.24, 2.45) is 0 Å². The molecule has 2 aromatic rings. The largest absolute Gasteiger partial charge is 0.496 e. The van der Waals surface area contributed by atoms with Gasteiger partial charge in [0.25, 0.3) is 0 Å². The van der Waals surface area contributed by atoms with Crippen molar-refractivity contribution in [3.05, 3.63) is 59.7 Å². The number of nitrogens with two attached hydrogens (primary N) is 1. The van der Waals surface area contributed by atoms with Crippen molar-refractivity contribution in [2.45, 2.75) is 72.6 Å². The second-order valence-electron chi connectivity index (χ2n) is 8.31. The maximum absolute atomic E-state index is 5.61. The molecule has 0 aliphatic heterocycles. The van der Waals surface area contributed by atoms with Gasteiger partial charge in [-0.2, -0.15) is 0 Å². The van der Waals surface area contributed by atoms with Crippen LogP contribution in [0.5, 0.6) is 5.75 Å². The highest BCUT2D eigenvalue weighted by Gasteiger charge is 2.27. The van der Waals surface area contributed by atoms with Gasteiger partial charge in [-0.3, -0.25) is 0 Å². The highest BCUT2D eigenvalue weighted by molar-refractivity contribution is 5.63.